The average Bonchev–Trinajstić information content (AvgIpc) is 3.36. The molecule has 2 aromatic rings. The molecule has 1 amide bonds. The lowest BCUT2D eigenvalue weighted by Crippen LogP contribution is -2.37. The number of nitrogens with zero attached hydrogens (tertiary/aromatic N) is 3. The molecule has 2 aromatic carbocycles. The SMILES string of the molecule is COC(=O)c1cccc(/C=N/c2ccc(C34CC3CN(C(=O)OC(C)(C)C)C4)cc2)c1[N+](=O)[O-]. The number of hydrogen-bond donors (Lipinski definition) is 0. The van der Waals surface area contributed by atoms with Gasteiger partial charge in [-0.15, -0.1) is 0 Å². The molecule has 2 atom stereocenters. The van der Waals surface area contributed by atoms with Gasteiger partial charge >= 0.3 is 12.1 Å². The van der Waals surface area contributed by atoms with Crippen LogP contribution in [0.5, 0.6) is 0 Å². The summed E-state index contributed by atoms with van der Waals surface area (Å²) in [5, 5.41) is 11.6. The van der Waals surface area contributed by atoms with E-state index in [1.165, 1.54) is 25.5 Å². The maximum atomic E-state index is 12.4. The van der Waals surface area contributed by atoms with Crippen molar-refractivity contribution in [3.05, 3.63) is 69.3 Å². The summed E-state index contributed by atoms with van der Waals surface area (Å²) in [4.78, 5) is 41.4. The van der Waals surface area contributed by atoms with Gasteiger partial charge in [0.25, 0.3) is 5.69 Å². The highest BCUT2D eigenvalue weighted by Gasteiger charge is 2.62. The van der Waals surface area contributed by atoms with Gasteiger partial charge in [-0.2, -0.15) is 0 Å². The highest BCUT2D eigenvalue weighted by molar-refractivity contribution is 5.99. The molecule has 9 nitrogen and oxygen atoms in total. The van der Waals surface area contributed by atoms with Gasteiger partial charge in [-0.1, -0.05) is 18.2 Å². The summed E-state index contributed by atoms with van der Waals surface area (Å²) >= 11 is 0. The van der Waals surface area contributed by atoms with E-state index in [0.717, 1.165) is 12.0 Å². The maximum absolute atomic E-state index is 12.4. The molecule has 1 saturated heterocycles. The van der Waals surface area contributed by atoms with Gasteiger partial charge in [0.1, 0.15) is 11.2 Å². The molecule has 4 rings (SSSR count). The third-order valence-corrected chi connectivity index (χ3v) is 6.25. The van der Waals surface area contributed by atoms with Crippen molar-refractivity contribution in [2.45, 2.75) is 38.2 Å². The van der Waals surface area contributed by atoms with Crippen LogP contribution in [0.4, 0.5) is 16.2 Å². The number of methoxy groups -OCH3 is 1. The minimum Gasteiger partial charge on any atom is -0.465 e. The highest BCUT2D eigenvalue weighted by Crippen LogP contribution is 2.59. The second-order valence-corrected chi connectivity index (χ2v) is 9.72. The van der Waals surface area contributed by atoms with Gasteiger partial charge in [0, 0.05) is 24.7 Å². The van der Waals surface area contributed by atoms with Crippen molar-refractivity contribution in [2.75, 3.05) is 20.2 Å². The van der Waals surface area contributed by atoms with Crippen LogP contribution in [0.25, 0.3) is 0 Å². The monoisotopic (exact) mass is 465 g/mol. The molecular formula is C25H27N3O6. The van der Waals surface area contributed by atoms with Gasteiger partial charge in [-0.3, -0.25) is 15.1 Å². The second kappa shape index (κ2) is 8.55. The fraction of sp³-hybridized carbons (Fsp3) is 0.400. The van der Waals surface area contributed by atoms with E-state index in [9.17, 15) is 19.7 Å². The third kappa shape index (κ3) is 4.50. The molecule has 2 fully saturated rings. The molecule has 0 bridgehead atoms. The quantitative estimate of drug-likeness (QED) is 0.275. The zero-order chi connectivity index (χ0) is 24.7. The topological polar surface area (TPSA) is 111 Å². The molecule has 2 aliphatic rings. The van der Waals surface area contributed by atoms with Crippen LogP contribution in [0, 0.1) is 16.0 Å². The van der Waals surface area contributed by atoms with Gasteiger partial charge in [0.2, 0.25) is 0 Å². The number of nitro benzene ring substituents is 1. The first-order valence-electron chi connectivity index (χ1n) is 11.0. The van der Waals surface area contributed by atoms with E-state index >= 15 is 0 Å². The van der Waals surface area contributed by atoms with E-state index < -0.39 is 16.5 Å². The Balaban J connectivity index is 1.49. The van der Waals surface area contributed by atoms with Crippen molar-refractivity contribution < 1.29 is 24.0 Å². The summed E-state index contributed by atoms with van der Waals surface area (Å²) < 4.78 is 10.2. The van der Waals surface area contributed by atoms with Crippen molar-refractivity contribution in [3.63, 3.8) is 0 Å². The minimum atomic E-state index is -0.776. The number of rotatable bonds is 5. The largest absolute Gasteiger partial charge is 0.465 e. The van der Waals surface area contributed by atoms with Crippen LogP contribution in [0.1, 0.15) is 48.7 Å². The average molecular weight is 466 g/mol. The molecule has 0 spiro atoms. The molecule has 178 valence electrons. The summed E-state index contributed by atoms with van der Waals surface area (Å²) in [5.74, 6) is -0.361. The lowest BCUT2D eigenvalue weighted by molar-refractivity contribution is -0.385. The zero-order valence-corrected chi connectivity index (χ0v) is 19.6. The molecule has 2 unspecified atom stereocenters. The van der Waals surface area contributed by atoms with Gasteiger partial charge in [-0.05, 0) is 62.9 Å². The fourth-order valence-electron chi connectivity index (χ4n) is 4.56. The normalized spacial score (nSPS) is 21.3. The Morgan fingerprint density at radius 1 is 1.21 bits per heavy atom. The molecule has 0 aromatic heterocycles. The Bertz CT molecular complexity index is 1170. The number of carbonyl (C=O) groups excluding carboxylic acids is 2. The van der Waals surface area contributed by atoms with E-state index in [2.05, 4.69) is 9.73 Å². The maximum Gasteiger partial charge on any atom is 0.410 e. The van der Waals surface area contributed by atoms with Gasteiger partial charge in [0.15, 0.2) is 0 Å². The molecule has 1 saturated carbocycles. The molecule has 0 N–H and O–H groups in total. The van der Waals surface area contributed by atoms with Crippen molar-refractivity contribution in [1.82, 2.24) is 4.90 Å². The number of benzene rings is 2. The summed E-state index contributed by atoms with van der Waals surface area (Å²) in [6.07, 6.45) is 2.12. The summed E-state index contributed by atoms with van der Waals surface area (Å²) in [7, 11) is 1.18. The molecule has 1 aliphatic carbocycles. The second-order valence-electron chi connectivity index (χ2n) is 9.72. The standard InChI is InChI=1S/C25H27N3O6/c1-24(2,3)34-23(30)27-14-18-12-25(18,15-27)17-8-10-19(11-9-17)26-13-16-6-5-7-20(22(29)33-4)21(16)28(31)32/h5-11,13,18H,12,14-15H2,1-4H3/b26-13+. The summed E-state index contributed by atoms with van der Waals surface area (Å²) in [6.45, 7) is 6.89. The van der Waals surface area contributed by atoms with Crippen molar-refractivity contribution in [2.24, 2.45) is 10.9 Å². The molecule has 1 heterocycles. The van der Waals surface area contributed by atoms with E-state index in [1.54, 1.807) is 11.0 Å². The highest BCUT2D eigenvalue weighted by atomic mass is 16.6. The molecule has 1 aliphatic heterocycles. The van der Waals surface area contributed by atoms with Crippen LogP contribution in [0.3, 0.4) is 0 Å². The molecular weight excluding hydrogens is 438 g/mol. The van der Waals surface area contributed by atoms with Crippen LogP contribution in [0.15, 0.2) is 47.5 Å². The number of piperidine rings is 1. The Morgan fingerprint density at radius 3 is 2.53 bits per heavy atom. The number of hydrogen-bond acceptors (Lipinski definition) is 7. The number of amides is 1. The van der Waals surface area contributed by atoms with E-state index in [-0.39, 0.29) is 28.3 Å². The van der Waals surface area contributed by atoms with Gasteiger partial charge in [-0.25, -0.2) is 9.59 Å². The Kier molecular flexibility index (Phi) is 5.89. The predicted molar refractivity (Wildman–Crippen MR) is 126 cm³/mol. The van der Waals surface area contributed by atoms with Crippen LogP contribution in [-0.4, -0.2) is 53.9 Å². The van der Waals surface area contributed by atoms with Crippen molar-refractivity contribution in [3.8, 4) is 0 Å². The van der Waals surface area contributed by atoms with Gasteiger partial charge < -0.3 is 14.4 Å². The number of aliphatic imine (C=N–C) groups is 1. The van der Waals surface area contributed by atoms with Crippen LogP contribution in [-0.2, 0) is 14.9 Å². The lowest BCUT2D eigenvalue weighted by Gasteiger charge is -2.26. The van der Waals surface area contributed by atoms with E-state index in [0.29, 0.717) is 24.7 Å². The van der Waals surface area contributed by atoms with Crippen LogP contribution < -0.4 is 0 Å². The van der Waals surface area contributed by atoms with E-state index in [4.69, 9.17) is 4.74 Å². The first kappa shape index (κ1) is 23.4. The van der Waals surface area contributed by atoms with Crippen molar-refractivity contribution >= 4 is 29.7 Å². The number of nitro groups is 1. The number of para-hydroxylation sites is 1. The van der Waals surface area contributed by atoms with Crippen molar-refractivity contribution in [1.29, 1.82) is 0 Å². The third-order valence-electron chi connectivity index (χ3n) is 6.25. The summed E-state index contributed by atoms with van der Waals surface area (Å²) in [6, 6.07) is 12.1. The smallest absolute Gasteiger partial charge is 0.410 e. The molecule has 34 heavy (non-hydrogen) atoms. The predicted octanol–water partition coefficient (Wildman–Crippen LogP) is 4.64. The van der Waals surface area contributed by atoms with Gasteiger partial charge in [0.05, 0.1) is 23.3 Å². The molecule has 9 heteroatoms. The number of esters is 1. The summed E-state index contributed by atoms with van der Waals surface area (Å²) in [5.41, 5.74) is 0.929. The number of fused-ring (bicyclic) bond motifs is 1. The molecule has 0 radical (unpaired) electrons. The zero-order valence-electron chi connectivity index (χ0n) is 19.6. The number of carbonyl (C=O) groups is 2. The fourth-order valence-corrected chi connectivity index (χ4v) is 4.56. The number of ether oxygens (including phenoxy) is 2. The Hall–Kier alpha value is -3.75. The Morgan fingerprint density at radius 2 is 1.91 bits per heavy atom. The van der Waals surface area contributed by atoms with Crippen LogP contribution >= 0.6 is 0 Å². The van der Waals surface area contributed by atoms with Crippen LogP contribution in [0.2, 0.25) is 0 Å². The van der Waals surface area contributed by atoms with E-state index in [1.807, 2.05) is 45.0 Å². The first-order valence-corrected chi connectivity index (χ1v) is 11.0. The lowest BCUT2D eigenvalue weighted by atomic mass is 9.95. The minimum absolute atomic E-state index is 0.0488. The Labute approximate surface area is 197 Å². The first-order chi connectivity index (χ1) is 16.0. The number of likely N-dealkylation sites (tertiary alicyclic amines) is 1.